The number of aliphatic hydroxyl groups is 1. The predicted molar refractivity (Wildman–Crippen MR) is 162 cm³/mol. The first kappa shape index (κ1) is 32.6. The number of ether oxygens (including phenoxy) is 3. The molecular weight excluding hydrogens is 572 g/mol. The fourth-order valence-corrected chi connectivity index (χ4v) is 6.08. The quantitative estimate of drug-likeness (QED) is 0.252. The summed E-state index contributed by atoms with van der Waals surface area (Å²) in [6.07, 6.45) is -1.21. The van der Waals surface area contributed by atoms with Gasteiger partial charge >= 0.3 is 0 Å². The highest BCUT2D eigenvalue weighted by Gasteiger charge is 2.43. The van der Waals surface area contributed by atoms with Crippen LogP contribution in [0.1, 0.15) is 70.0 Å². The highest BCUT2D eigenvalue weighted by atomic mass is 32.1. The van der Waals surface area contributed by atoms with Crippen molar-refractivity contribution in [3.05, 3.63) is 52.9 Å². The smallest absolute Gasteiger partial charge is 0.254 e. The van der Waals surface area contributed by atoms with Crippen LogP contribution in [0.3, 0.4) is 0 Å². The Bertz CT molecular complexity index is 1340. The number of β-amino-alcohol motifs (C(OH)–C–C–N with tert-alkyl or cyclic N) is 1. The fourth-order valence-electron chi connectivity index (χ4n) is 5.27. The van der Waals surface area contributed by atoms with Crippen molar-refractivity contribution in [1.29, 1.82) is 0 Å². The minimum atomic E-state index is -0.817. The molecule has 0 spiro atoms. The molecule has 0 aliphatic carbocycles. The number of aryl methyl sites for hydroxylation is 1. The van der Waals surface area contributed by atoms with Crippen molar-refractivity contribution in [1.82, 2.24) is 20.4 Å². The Hall–Kier alpha value is -3.32. The maximum atomic E-state index is 13.9. The van der Waals surface area contributed by atoms with E-state index >= 15 is 0 Å². The van der Waals surface area contributed by atoms with E-state index in [2.05, 4.69) is 15.5 Å². The van der Waals surface area contributed by atoms with Gasteiger partial charge in [-0.2, -0.15) is 0 Å². The van der Waals surface area contributed by atoms with Gasteiger partial charge in [0.1, 0.15) is 18.6 Å². The molecule has 2 aromatic heterocycles. The number of amides is 2. The second-order valence-corrected chi connectivity index (χ2v) is 11.8. The maximum Gasteiger partial charge on any atom is 0.254 e. The first-order valence-corrected chi connectivity index (χ1v) is 15.6. The number of thiazole rings is 1. The number of nitrogens with zero attached hydrogens (tertiary/aromatic N) is 3. The van der Waals surface area contributed by atoms with E-state index < -0.39 is 24.4 Å². The van der Waals surface area contributed by atoms with Gasteiger partial charge in [-0.15, -0.1) is 11.3 Å². The molecule has 1 aromatic carbocycles. The van der Waals surface area contributed by atoms with E-state index in [1.54, 1.807) is 17.4 Å². The van der Waals surface area contributed by atoms with E-state index in [-0.39, 0.29) is 49.2 Å². The molecule has 1 aliphatic rings. The molecule has 3 aromatic rings. The number of carbonyl (C=O) groups excluding carboxylic acids is 2. The summed E-state index contributed by atoms with van der Waals surface area (Å²) in [5.74, 6) is -0.993. The summed E-state index contributed by atoms with van der Waals surface area (Å²) >= 11 is 1.59. The van der Waals surface area contributed by atoms with Gasteiger partial charge in [-0.25, -0.2) is 4.98 Å². The average Bonchev–Trinajstić information content (AvgIpc) is 3.72. The van der Waals surface area contributed by atoms with Gasteiger partial charge in [0.15, 0.2) is 12.1 Å². The van der Waals surface area contributed by atoms with E-state index in [1.807, 2.05) is 71.3 Å². The molecule has 2 amide bonds. The SMILES string of the molecule is CCOC(COc1cc([C@@H](C(=O)N2C[C@H](O)C[C@H]2C(=O)N[C@@H](C)c2ccc(-c3scnc3C)cc2)C(C)C)on1)OCC. The third-order valence-electron chi connectivity index (χ3n) is 7.46. The second kappa shape index (κ2) is 14.9. The van der Waals surface area contributed by atoms with Crippen LogP contribution in [-0.4, -0.2) is 76.8 Å². The van der Waals surface area contributed by atoms with Crippen LogP contribution in [-0.2, 0) is 19.1 Å². The molecule has 1 aliphatic heterocycles. The molecule has 0 radical (unpaired) electrons. The number of nitrogens with one attached hydrogen (secondary N) is 1. The lowest BCUT2D eigenvalue weighted by Crippen LogP contribution is -2.48. The summed E-state index contributed by atoms with van der Waals surface area (Å²) in [4.78, 5) is 34.2. The summed E-state index contributed by atoms with van der Waals surface area (Å²) in [6.45, 7) is 12.5. The Morgan fingerprint density at radius 2 is 1.86 bits per heavy atom. The van der Waals surface area contributed by atoms with Gasteiger partial charge in [0.05, 0.1) is 28.2 Å². The monoisotopic (exact) mass is 614 g/mol. The first-order valence-electron chi connectivity index (χ1n) is 14.7. The molecule has 0 saturated carbocycles. The van der Waals surface area contributed by atoms with Crippen LogP contribution in [0, 0.1) is 12.8 Å². The number of hydrogen-bond donors (Lipinski definition) is 2. The lowest BCUT2D eigenvalue weighted by Gasteiger charge is -2.29. The normalized spacial score (nSPS) is 18.3. The van der Waals surface area contributed by atoms with Gasteiger partial charge in [-0.1, -0.05) is 38.1 Å². The van der Waals surface area contributed by atoms with E-state index in [0.29, 0.717) is 19.0 Å². The number of benzene rings is 1. The van der Waals surface area contributed by atoms with Crippen LogP contribution in [0.4, 0.5) is 0 Å². The van der Waals surface area contributed by atoms with Crippen LogP contribution >= 0.6 is 11.3 Å². The topological polar surface area (TPSA) is 136 Å². The molecule has 12 heteroatoms. The molecule has 3 heterocycles. The molecule has 4 atom stereocenters. The largest absolute Gasteiger partial charge is 0.470 e. The summed E-state index contributed by atoms with van der Waals surface area (Å²) in [5, 5.41) is 17.5. The van der Waals surface area contributed by atoms with Crippen molar-refractivity contribution in [2.45, 2.75) is 78.4 Å². The summed E-state index contributed by atoms with van der Waals surface area (Å²) in [6, 6.07) is 8.46. The second-order valence-electron chi connectivity index (χ2n) is 11.0. The van der Waals surface area contributed by atoms with Crippen LogP contribution in [0.2, 0.25) is 0 Å². The molecular formula is C31H42N4O7S. The van der Waals surface area contributed by atoms with E-state index in [9.17, 15) is 14.7 Å². The van der Waals surface area contributed by atoms with E-state index in [0.717, 1.165) is 21.7 Å². The highest BCUT2D eigenvalue weighted by Crippen LogP contribution is 2.33. The first-order chi connectivity index (χ1) is 20.6. The van der Waals surface area contributed by atoms with Crippen LogP contribution in [0.5, 0.6) is 5.88 Å². The summed E-state index contributed by atoms with van der Waals surface area (Å²) in [5.41, 5.74) is 4.81. The number of hydrogen-bond acceptors (Lipinski definition) is 10. The highest BCUT2D eigenvalue weighted by molar-refractivity contribution is 7.13. The third-order valence-corrected chi connectivity index (χ3v) is 8.44. The zero-order valence-corrected chi connectivity index (χ0v) is 26.4. The fraction of sp³-hybridized carbons (Fsp3) is 0.548. The minimum absolute atomic E-state index is 0.0549. The zero-order valence-electron chi connectivity index (χ0n) is 25.6. The number of aliphatic hydroxyl groups excluding tert-OH is 1. The zero-order chi connectivity index (χ0) is 31.1. The van der Waals surface area contributed by atoms with Gasteiger partial charge in [-0.3, -0.25) is 9.59 Å². The van der Waals surface area contributed by atoms with E-state index in [4.69, 9.17) is 18.7 Å². The van der Waals surface area contributed by atoms with Crippen molar-refractivity contribution in [2.24, 2.45) is 5.92 Å². The average molecular weight is 615 g/mol. The molecule has 4 rings (SSSR count). The Labute approximate surface area is 256 Å². The Balaban J connectivity index is 1.43. The van der Waals surface area contributed by atoms with Crippen LogP contribution in [0.25, 0.3) is 10.4 Å². The Kier molecular flexibility index (Phi) is 11.3. The maximum absolute atomic E-state index is 13.9. The third kappa shape index (κ3) is 7.99. The standard InChI is InChI=1S/C31H42N4O7S/c1-7-39-27(40-8-2)16-41-26-14-25(42-34-26)28(18(3)4)31(38)35-15-23(36)13-24(35)30(37)33-19(5)21-9-11-22(12-10-21)29-20(6)32-17-43-29/h9-12,14,17-19,23-24,27-28,36H,7-8,13,15-16H2,1-6H3,(H,33,37)/t19-,23+,24-,28-/m0/s1. The van der Waals surface area contributed by atoms with Crippen molar-refractivity contribution in [3.8, 4) is 16.3 Å². The van der Waals surface area contributed by atoms with Crippen LogP contribution < -0.4 is 10.1 Å². The van der Waals surface area contributed by atoms with E-state index in [1.165, 1.54) is 4.90 Å². The summed E-state index contributed by atoms with van der Waals surface area (Å²) in [7, 11) is 0. The van der Waals surface area contributed by atoms with Crippen molar-refractivity contribution >= 4 is 23.2 Å². The van der Waals surface area contributed by atoms with Crippen molar-refractivity contribution in [2.75, 3.05) is 26.4 Å². The molecule has 11 nitrogen and oxygen atoms in total. The van der Waals surface area contributed by atoms with Crippen LogP contribution in [0.15, 0.2) is 40.4 Å². The summed E-state index contributed by atoms with van der Waals surface area (Å²) < 4.78 is 22.2. The van der Waals surface area contributed by atoms with Crippen molar-refractivity contribution in [3.63, 3.8) is 0 Å². The molecule has 2 N–H and O–H groups in total. The molecule has 1 saturated heterocycles. The number of aromatic nitrogens is 2. The Morgan fingerprint density at radius 1 is 1.16 bits per heavy atom. The molecule has 0 bridgehead atoms. The van der Waals surface area contributed by atoms with Gasteiger partial charge in [-0.05, 0) is 49.9 Å². The molecule has 0 unspecified atom stereocenters. The lowest BCUT2D eigenvalue weighted by molar-refractivity contribution is -0.153. The number of rotatable bonds is 14. The van der Waals surface area contributed by atoms with Gasteiger partial charge < -0.3 is 34.1 Å². The molecule has 43 heavy (non-hydrogen) atoms. The van der Waals surface area contributed by atoms with Gasteiger partial charge in [0, 0.05) is 32.2 Å². The van der Waals surface area contributed by atoms with Gasteiger partial charge in [0.2, 0.25) is 11.8 Å². The number of carbonyl (C=O) groups is 2. The Morgan fingerprint density at radius 3 is 2.47 bits per heavy atom. The minimum Gasteiger partial charge on any atom is -0.470 e. The molecule has 234 valence electrons. The number of likely N-dealkylation sites (tertiary alicyclic amines) is 1. The lowest BCUT2D eigenvalue weighted by atomic mass is 9.91. The molecule has 1 fully saturated rings. The van der Waals surface area contributed by atoms with Gasteiger partial charge in [0.25, 0.3) is 5.88 Å². The predicted octanol–water partition coefficient (Wildman–Crippen LogP) is 4.46. The van der Waals surface area contributed by atoms with Crippen molar-refractivity contribution < 1.29 is 33.4 Å².